The molecule has 0 bridgehead atoms. The SMILES string of the molecule is c1ccc2c(c1)oc1ccc(-c3ccc(-n4c5ccccc5c5ccc(-c6ccc7c8ccccc8n(-c8ccc(-c9ccc%10oc%11ccccc%11c%10c9)cc8)c7c6)cc54)cc3)cc12. The molecule has 10 aromatic carbocycles. The fourth-order valence-corrected chi connectivity index (χ4v) is 10.3. The Balaban J connectivity index is 0.864. The summed E-state index contributed by atoms with van der Waals surface area (Å²) in [6.07, 6.45) is 0. The molecule has 0 unspecified atom stereocenters. The van der Waals surface area contributed by atoms with Crippen molar-refractivity contribution in [2.45, 2.75) is 0 Å². The highest BCUT2D eigenvalue weighted by atomic mass is 16.3. The smallest absolute Gasteiger partial charge is 0.135 e. The zero-order valence-corrected chi connectivity index (χ0v) is 34.5. The highest BCUT2D eigenvalue weighted by Gasteiger charge is 2.17. The van der Waals surface area contributed by atoms with Gasteiger partial charge in [0, 0.05) is 54.5 Å². The van der Waals surface area contributed by atoms with Crippen molar-refractivity contribution in [1.82, 2.24) is 9.13 Å². The van der Waals surface area contributed by atoms with Crippen LogP contribution >= 0.6 is 0 Å². The third-order valence-corrected chi connectivity index (χ3v) is 13.4. The molecular formula is C60H36N2O2. The first-order chi connectivity index (χ1) is 31.7. The molecule has 4 nitrogen and oxygen atoms in total. The van der Waals surface area contributed by atoms with Crippen LogP contribution in [0.1, 0.15) is 0 Å². The third kappa shape index (κ3) is 5.23. The van der Waals surface area contributed by atoms with E-state index >= 15 is 0 Å². The van der Waals surface area contributed by atoms with Crippen LogP contribution < -0.4 is 0 Å². The Morgan fingerprint density at radius 1 is 0.219 bits per heavy atom. The van der Waals surface area contributed by atoms with Crippen LogP contribution in [-0.4, -0.2) is 9.13 Å². The van der Waals surface area contributed by atoms with Crippen LogP contribution in [0.4, 0.5) is 0 Å². The van der Waals surface area contributed by atoms with Crippen LogP contribution in [0.25, 0.3) is 132 Å². The van der Waals surface area contributed by atoms with E-state index in [4.69, 9.17) is 8.83 Å². The van der Waals surface area contributed by atoms with Gasteiger partial charge in [-0.1, -0.05) is 133 Å². The van der Waals surface area contributed by atoms with E-state index in [-0.39, 0.29) is 0 Å². The van der Waals surface area contributed by atoms with Gasteiger partial charge in [-0.3, -0.25) is 0 Å². The number of rotatable bonds is 5. The van der Waals surface area contributed by atoms with Gasteiger partial charge >= 0.3 is 0 Å². The summed E-state index contributed by atoms with van der Waals surface area (Å²) >= 11 is 0. The van der Waals surface area contributed by atoms with Gasteiger partial charge in [-0.25, -0.2) is 0 Å². The summed E-state index contributed by atoms with van der Waals surface area (Å²) in [5.74, 6) is 0. The number of furan rings is 2. The standard InChI is InChI=1S/C60H36N2O2/c1-5-13-53-45(9-1)47-29-21-41(35-55(47)61(53)43-25-17-37(18-26-43)39-23-31-59-51(33-39)49-11-3-7-15-57(49)63-59)42-22-30-48-46-10-2-6-14-54(46)62(56(48)36-42)44-27-19-38(20-28-44)40-24-32-60-52(34-40)50-12-4-8-16-58(50)64-60/h1-36H. The highest BCUT2D eigenvalue weighted by Crippen LogP contribution is 2.40. The molecule has 4 heteroatoms. The Morgan fingerprint density at radius 3 is 1.00 bits per heavy atom. The predicted octanol–water partition coefficient (Wildman–Crippen LogP) is 16.7. The maximum atomic E-state index is 6.12. The molecule has 0 spiro atoms. The van der Waals surface area contributed by atoms with Crippen molar-refractivity contribution in [3.8, 4) is 44.8 Å². The monoisotopic (exact) mass is 816 g/mol. The summed E-state index contributed by atoms with van der Waals surface area (Å²) in [5.41, 5.74) is 17.6. The van der Waals surface area contributed by atoms with Gasteiger partial charge in [0.25, 0.3) is 0 Å². The summed E-state index contributed by atoms with van der Waals surface area (Å²) in [7, 11) is 0. The van der Waals surface area contributed by atoms with E-state index in [0.717, 1.165) is 55.3 Å². The van der Waals surface area contributed by atoms with E-state index in [0.29, 0.717) is 0 Å². The molecule has 0 aliphatic rings. The molecule has 0 amide bonds. The van der Waals surface area contributed by atoms with Crippen LogP contribution in [0.3, 0.4) is 0 Å². The van der Waals surface area contributed by atoms with Crippen LogP contribution in [0.15, 0.2) is 227 Å². The Bertz CT molecular complexity index is 3900. The lowest BCUT2D eigenvalue weighted by molar-refractivity contribution is 0.668. The molecule has 14 rings (SSSR count). The van der Waals surface area contributed by atoms with Crippen molar-refractivity contribution < 1.29 is 8.83 Å². The number of hydrogen-bond donors (Lipinski definition) is 0. The van der Waals surface area contributed by atoms with Crippen LogP contribution in [0.5, 0.6) is 0 Å². The summed E-state index contributed by atoms with van der Waals surface area (Å²) < 4.78 is 17.1. The van der Waals surface area contributed by atoms with Crippen LogP contribution in [0, 0.1) is 0 Å². The second-order valence-electron chi connectivity index (χ2n) is 16.9. The first kappa shape index (κ1) is 35.0. The van der Waals surface area contributed by atoms with Gasteiger partial charge in [-0.05, 0) is 118 Å². The van der Waals surface area contributed by atoms with E-state index in [1.54, 1.807) is 0 Å². The first-order valence-electron chi connectivity index (χ1n) is 21.8. The quantitative estimate of drug-likeness (QED) is 0.173. The molecule has 298 valence electrons. The van der Waals surface area contributed by atoms with Crippen LogP contribution in [0.2, 0.25) is 0 Å². The maximum absolute atomic E-state index is 6.12. The fourth-order valence-electron chi connectivity index (χ4n) is 10.3. The number of para-hydroxylation sites is 4. The van der Waals surface area contributed by atoms with Crippen molar-refractivity contribution in [3.63, 3.8) is 0 Å². The molecule has 0 saturated heterocycles. The lowest BCUT2D eigenvalue weighted by Gasteiger charge is -2.12. The number of hydrogen-bond acceptors (Lipinski definition) is 2. The molecule has 0 aliphatic heterocycles. The minimum atomic E-state index is 0.909. The van der Waals surface area contributed by atoms with Gasteiger partial charge in [0.05, 0.1) is 22.1 Å². The molecule has 0 fully saturated rings. The van der Waals surface area contributed by atoms with Crippen molar-refractivity contribution in [2.24, 2.45) is 0 Å². The average Bonchev–Trinajstić information content (AvgIpc) is 4.11. The second-order valence-corrected chi connectivity index (χ2v) is 16.9. The number of fused-ring (bicyclic) bond motifs is 12. The highest BCUT2D eigenvalue weighted by molar-refractivity contribution is 6.13. The number of nitrogens with zero attached hydrogens (tertiary/aromatic N) is 2. The van der Waals surface area contributed by atoms with Gasteiger partial charge in [0.1, 0.15) is 22.3 Å². The summed E-state index contributed by atoms with van der Waals surface area (Å²) in [4.78, 5) is 0. The fraction of sp³-hybridized carbons (Fsp3) is 0. The molecule has 64 heavy (non-hydrogen) atoms. The average molecular weight is 817 g/mol. The van der Waals surface area contributed by atoms with Gasteiger partial charge < -0.3 is 18.0 Å². The minimum absolute atomic E-state index is 0.909. The Kier molecular flexibility index (Phi) is 7.36. The van der Waals surface area contributed by atoms with E-state index in [2.05, 4.69) is 203 Å². The van der Waals surface area contributed by atoms with Crippen LogP contribution in [-0.2, 0) is 0 Å². The summed E-state index contributed by atoms with van der Waals surface area (Å²) in [5, 5.41) is 9.49. The van der Waals surface area contributed by atoms with Gasteiger partial charge in [0.2, 0.25) is 0 Å². The summed E-state index contributed by atoms with van der Waals surface area (Å²) in [6.45, 7) is 0. The third-order valence-electron chi connectivity index (χ3n) is 13.4. The van der Waals surface area contributed by atoms with E-state index in [1.165, 1.54) is 77.0 Å². The zero-order chi connectivity index (χ0) is 41.9. The molecule has 0 aliphatic carbocycles. The topological polar surface area (TPSA) is 36.1 Å². The molecule has 14 aromatic rings. The first-order valence-corrected chi connectivity index (χ1v) is 21.8. The van der Waals surface area contributed by atoms with Gasteiger partial charge in [-0.2, -0.15) is 0 Å². The largest absolute Gasteiger partial charge is 0.456 e. The Hall–Kier alpha value is -8.60. The normalized spacial score (nSPS) is 12.1. The molecule has 0 radical (unpaired) electrons. The predicted molar refractivity (Wildman–Crippen MR) is 266 cm³/mol. The number of benzene rings is 10. The van der Waals surface area contributed by atoms with Gasteiger partial charge in [0.15, 0.2) is 0 Å². The molecule has 0 atom stereocenters. The van der Waals surface area contributed by atoms with E-state index < -0.39 is 0 Å². The molecule has 4 aromatic heterocycles. The molecule has 0 saturated carbocycles. The van der Waals surface area contributed by atoms with E-state index in [1.807, 2.05) is 24.3 Å². The minimum Gasteiger partial charge on any atom is -0.456 e. The van der Waals surface area contributed by atoms with Crippen molar-refractivity contribution in [3.05, 3.63) is 218 Å². The van der Waals surface area contributed by atoms with Crippen molar-refractivity contribution in [2.75, 3.05) is 0 Å². The molecule has 4 heterocycles. The Morgan fingerprint density at radius 2 is 0.547 bits per heavy atom. The van der Waals surface area contributed by atoms with Crippen molar-refractivity contribution >= 4 is 87.5 Å². The lowest BCUT2D eigenvalue weighted by atomic mass is 10.0. The summed E-state index contributed by atoms with van der Waals surface area (Å²) in [6, 6.07) is 78.8. The zero-order valence-electron chi connectivity index (χ0n) is 34.5. The second kappa shape index (κ2) is 13.4. The lowest BCUT2D eigenvalue weighted by Crippen LogP contribution is -1.95. The van der Waals surface area contributed by atoms with Crippen molar-refractivity contribution in [1.29, 1.82) is 0 Å². The molecule has 0 N–H and O–H groups in total. The van der Waals surface area contributed by atoms with Gasteiger partial charge in [-0.15, -0.1) is 0 Å². The number of aromatic nitrogens is 2. The van der Waals surface area contributed by atoms with E-state index in [9.17, 15) is 0 Å². The molecular weight excluding hydrogens is 781 g/mol. The Labute approximate surface area is 367 Å². The maximum Gasteiger partial charge on any atom is 0.135 e.